The van der Waals surface area contributed by atoms with Crippen LogP contribution in [0.1, 0.15) is 32.0 Å². The van der Waals surface area contributed by atoms with Crippen LogP contribution in [-0.4, -0.2) is 20.9 Å². The van der Waals surface area contributed by atoms with Gasteiger partial charge in [0.25, 0.3) is 0 Å². The first-order chi connectivity index (χ1) is 6.24. The number of nitrogens with one attached hydrogen (secondary N) is 1. The lowest BCUT2D eigenvalue weighted by Crippen LogP contribution is -1.89. The second-order valence-corrected chi connectivity index (χ2v) is 3.98. The van der Waals surface area contributed by atoms with Gasteiger partial charge in [-0.3, -0.25) is 5.10 Å². The van der Waals surface area contributed by atoms with Crippen molar-refractivity contribution in [1.29, 1.82) is 5.26 Å². The summed E-state index contributed by atoms with van der Waals surface area (Å²) in [5.74, 6) is 2.03. The third-order valence-corrected chi connectivity index (χ3v) is 2.32. The van der Waals surface area contributed by atoms with Crippen molar-refractivity contribution in [2.24, 2.45) is 0 Å². The molecular weight excluding hydrogens is 184 g/mol. The fourth-order valence-corrected chi connectivity index (χ4v) is 1.42. The first kappa shape index (κ1) is 10.1. The van der Waals surface area contributed by atoms with Crippen LogP contribution >= 0.6 is 11.8 Å². The number of hydrogen-bond acceptors (Lipinski definition) is 4. The summed E-state index contributed by atoms with van der Waals surface area (Å²) in [7, 11) is 0. The lowest BCUT2D eigenvalue weighted by molar-refractivity contribution is 0.780. The van der Waals surface area contributed by atoms with Crippen molar-refractivity contribution >= 4 is 11.8 Å². The molecule has 1 N–H and O–H groups in total. The normalized spacial score (nSPS) is 10.3. The van der Waals surface area contributed by atoms with Crippen LogP contribution in [0, 0.1) is 11.3 Å². The quantitative estimate of drug-likeness (QED) is 0.590. The van der Waals surface area contributed by atoms with Gasteiger partial charge in [-0.2, -0.15) is 5.26 Å². The Morgan fingerprint density at radius 3 is 2.92 bits per heavy atom. The van der Waals surface area contributed by atoms with Crippen LogP contribution < -0.4 is 0 Å². The minimum Gasteiger partial charge on any atom is -0.262 e. The van der Waals surface area contributed by atoms with Crippen LogP contribution in [0.15, 0.2) is 5.16 Å². The van der Waals surface area contributed by atoms with Crippen molar-refractivity contribution in [1.82, 2.24) is 15.2 Å². The fraction of sp³-hybridized carbons (Fsp3) is 0.625. The summed E-state index contributed by atoms with van der Waals surface area (Å²) in [6.07, 6.45) is 0.538. The Morgan fingerprint density at radius 2 is 2.38 bits per heavy atom. The molecule has 1 aromatic rings. The van der Waals surface area contributed by atoms with Crippen molar-refractivity contribution in [3.8, 4) is 6.07 Å². The van der Waals surface area contributed by atoms with E-state index >= 15 is 0 Å². The van der Waals surface area contributed by atoms with E-state index in [1.54, 1.807) is 0 Å². The van der Waals surface area contributed by atoms with Crippen LogP contribution in [0.4, 0.5) is 0 Å². The van der Waals surface area contributed by atoms with Gasteiger partial charge in [-0.15, -0.1) is 5.10 Å². The van der Waals surface area contributed by atoms with E-state index in [4.69, 9.17) is 5.26 Å². The first-order valence-electron chi connectivity index (χ1n) is 4.16. The van der Waals surface area contributed by atoms with Gasteiger partial charge in [0.2, 0.25) is 5.16 Å². The zero-order chi connectivity index (χ0) is 9.68. The molecule has 0 spiro atoms. The summed E-state index contributed by atoms with van der Waals surface area (Å²) in [6.45, 7) is 4.12. The Kier molecular flexibility index (Phi) is 3.77. The highest BCUT2D eigenvalue weighted by Crippen LogP contribution is 2.16. The fourth-order valence-electron chi connectivity index (χ4n) is 0.769. The van der Waals surface area contributed by atoms with Gasteiger partial charge >= 0.3 is 0 Å². The monoisotopic (exact) mass is 196 g/mol. The number of nitrogens with zero attached hydrogens (tertiary/aromatic N) is 3. The van der Waals surface area contributed by atoms with Crippen LogP contribution in [0.25, 0.3) is 0 Å². The third kappa shape index (κ3) is 3.07. The summed E-state index contributed by atoms with van der Waals surface area (Å²) in [5, 5.41) is 16.0. The highest BCUT2D eigenvalue weighted by atomic mass is 32.2. The average molecular weight is 196 g/mol. The van der Waals surface area contributed by atoms with Gasteiger partial charge in [0.15, 0.2) is 0 Å². The predicted octanol–water partition coefficient (Wildman–Crippen LogP) is 1.93. The molecule has 0 aliphatic carbocycles. The molecule has 0 saturated heterocycles. The van der Waals surface area contributed by atoms with Crippen LogP contribution in [0.3, 0.4) is 0 Å². The van der Waals surface area contributed by atoms with Crippen LogP contribution in [-0.2, 0) is 0 Å². The van der Waals surface area contributed by atoms with E-state index in [1.165, 1.54) is 11.8 Å². The molecule has 0 radical (unpaired) electrons. The Bertz CT molecular complexity index is 299. The van der Waals surface area contributed by atoms with Gasteiger partial charge in [-0.25, -0.2) is 4.98 Å². The van der Waals surface area contributed by atoms with Crippen molar-refractivity contribution < 1.29 is 0 Å². The second-order valence-electron chi connectivity index (χ2n) is 2.91. The summed E-state index contributed by atoms with van der Waals surface area (Å²) in [4.78, 5) is 4.27. The molecule has 0 fully saturated rings. The summed E-state index contributed by atoms with van der Waals surface area (Å²) < 4.78 is 0. The Morgan fingerprint density at radius 1 is 1.62 bits per heavy atom. The van der Waals surface area contributed by atoms with Crippen molar-refractivity contribution in [3.05, 3.63) is 5.82 Å². The number of H-pyrrole nitrogens is 1. The predicted molar refractivity (Wildman–Crippen MR) is 51.4 cm³/mol. The van der Waals surface area contributed by atoms with E-state index in [0.29, 0.717) is 12.3 Å². The summed E-state index contributed by atoms with van der Waals surface area (Å²) >= 11 is 1.51. The van der Waals surface area contributed by atoms with Crippen molar-refractivity contribution in [2.45, 2.75) is 31.3 Å². The van der Waals surface area contributed by atoms with E-state index < -0.39 is 0 Å². The molecule has 1 heterocycles. The largest absolute Gasteiger partial charge is 0.262 e. The second kappa shape index (κ2) is 4.87. The van der Waals surface area contributed by atoms with Gasteiger partial charge in [-0.05, 0) is 0 Å². The smallest absolute Gasteiger partial charge is 0.208 e. The molecule has 4 nitrogen and oxygen atoms in total. The molecule has 5 heteroatoms. The molecule has 1 rings (SSSR count). The minimum atomic E-state index is 0.373. The molecule has 0 unspecified atom stereocenters. The third-order valence-electron chi connectivity index (χ3n) is 1.47. The van der Waals surface area contributed by atoms with Crippen molar-refractivity contribution in [2.75, 3.05) is 5.75 Å². The molecule has 13 heavy (non-hydrogen) atoms. The highest BCUT2D eigenvalue weighted by molar-refractivity contribution is 7.99. The number of rotatable bonds is 4. The topological polar surface area (TPSA) is 65.4 Å². The zero-order valence-corrected chi connectivity index (χ0v) is 8.56. The van der Waals surface area contributed by atoms with E-state index in [-0.39, 0.29) is 0 Å². The molecule has 0 saturated carbocycles. The SMILES string of the molecule is CC(C)c1nc(SCCC#N)n[nH]1. The van der Waals surface area contributed by atoms with E-state index in [9.17, 15) is 0 Å². The number of aromatic nitrogens is 3. The zero-order valence-electron chi connectivity index (χ0n) is 7.74. The first-order valence-corrected chi connectivity index (χ1v) is 5.14. The van der Waals surface area contributed by atoms with Gasteiger partial charge in [0.1, 0.15) is 5.82 Å². The van der Waals surface area contributed by atoms with Gasteiger partial charge < -0.3 is 0 Å². The molecule has 70 valence electrons. The molecular formula is C8H12N4S. The lowest BCUT2D eigenvalue weighted by Gasteiger charge is -1.94. The highest BCUT2D eigenvalue weighted by Gasteiger charge is 2.06. The number of hydrogen-bond donors (Lipinski definition) is 1. The van der Waals surface area contributed by atoms with E-state index in [0.717, 1.165) is 16.7 Å². The number of nitriles is 1. The number of aromatic amines is 1. The molecule has 1 aromatic heterocycles. The Labute approximate surface area is 81.8 Å². The molecule has 0 aliphatic heterocycles. The van der Waals surface area contributed by atoms with Crippen molar-refractivity contribution in [3.63, 3.8) is 0 Å². The van der Waals surface area contributed by atoms with Gasteiger partial charge in [-0.1, -0.05) is 25.6 Å². The molecule has 0 aromatic carbocycles. The average Bonchev–Trinajstić information content (AvgIpc) is 2.53. The van der Waals surface area contributed by atoms with E-state index in [2.05, 4.69) is 35.1 Å². The molecule has 0 amide bonds. The molecule has 0 bridgehead atoms. The summed E-state index contributed by atoms with van der Waals surface area (Å²) in [5.41, 5.74) is 0. The standard InChI is InChI=1S/C8H12N4S/c1-6(2)7-10-8(12-11-7)13-5-3-4-9/h6H,3,5H2,1-2H3,(H,10,11,12). The van der Waals surface area contributed by atoms with E-state index in [1.807, 2.05) is 0 Å². The van der Waals surface area contributed by atoms with Crippen LogP contribution in [0.2, 0.25) is 0 Å². The molecule has 0 aliphatic rings. The van der Waals surface area contributed by atoms with Gasteiger partial charge in [0.05, 0.1) is 6.07 Å². The maximum atomic E-state index is 8.33. The maximum Gasteiger partial charge on any atom is 0.208 e. The minimum absolute atomic E-state index is 0.373. The molecule has 0 atom stereocenters. The Hall–Kier alpha value is -1.02. The number of thioether (sulfide) groups is 1. The van der Waals surface area contributed by atoms with Crippen LogP contribution in [0.5, 0.6) is 0 Å². The maximum absolute atomic E-state index is 8.33. The summed E-state index contributed by atoms with van der Waals surface area (Å²) in [6, 6.07) is 2.08. The Balaban J connectivity index is 2.45. The lowest BCUT2D eigenvalue weighted by atomic mass is 10.2. The van der Waals surface area contributed by atoms with Gasteiger partial charge in [0, 0.05) is 18.1 Å².